The summed E-state index contributed by atoms with van der Waals surface area (Å²) in [5.41, 5.74) is -0.644. The first-order valence-electron chi connectivity index (χ1n) is 2.59. The van der Waals surface area contributed by atoms with Crippen LogP contribution in [0.4, 0.5) is 0 Å². The van der Waals surface area contributed by atoms with Crippen LogP contribution in [0.1, 0.15) is 13.3 Å². The fourth-order valence-corrected chi connectivity index (χ4v) is 0. The number of alkyl halides is 1. The topological polar surface area (TPSA) is 32.3 Å². The summed E-state index contributed by atoms with van der Waals surface area (Å²) >= 11 is 5.02. The predicted octanol–water partition coefficient (Wildman–Crippen LogP) is 0.789. The molecule has 0 fully saturated rings. The molecule has 0 heterocycles. The van der Waals surface area contributed by atoms with Crippen molar-refractivity contribution in [2.24, 2.45) is 0 Å². The van der Waals surface area contributed by atoms with E-state index in [-0.39, 0.29) is 0 Å². The monoisotopic (exact) mass is 139 g/mol. The molecule has 0 aromatic carbocycles. The van der Waals surface area contributed by atoms with Crippen molar-refractivity contribution >= 4 is 11.6 Å². The third-order valence-electron chi connectivity index (χ3n) is 0.337. The van der Waals surface area contributed by atoms with E-state index >= 15 is 0 Å². The number of nitrogens with one attached hydrogen (secondary N) is 1. The van der Waals surface area contributed by atoms with E-state index in [1.165, 1.54) is 0 Å². The number of rotatable bonds is 1. The van der Waals surface area contributed by atoms with Crippen LogP contribution in [0.3, 0.4) is 0 Å². The molecule has 0 aliphatic carbocycles. The Morgan fingerprint density at radius 3 is 1.75 bits per heavy atom. The molecule has 0 rings (SSSR count). The number of aliphatic hydroxyl groups excluding tert-OH is 1. The largest absolute Gasteiger partial charge is 0.378 e. The lowest BCUT2D eigenvalue weighted by atomic mass is 10.5. The second-order valence-electron chi connectivity index (χ2n) is 1.34. The van der Waals surface area contributed by atoms with Gasteiger partial charge in [-0.1, -0.05) is 18.5 Å². The van der Waals surface area contributed by atoms with Gasteiger partial charge in [0, 0.05) is 0 Å². The molecule has 0 radical (unpaired) electrons. The van der Waals surface area contributed by atoms with Gasteiger partial charge in [0.1, 0.15) is 5.56 Å². The minimum Gasteiger partial charge on any atom is -0.378 e. The minimum atomic E-state index is -0.644. The van der Waals surface area contributed by atoms with Crippen LogP contribution in [0.5, 0.6) is 0 Å². The summed E-state index contributed by atoms with van der Waals surface area (Å²) in [6, 6.07) is 0. The van der Waals surface area contributed by atoms with E-state index in [9.17, 15) is 0 Å². The highest BCUT2D eigenvalue weighted by Crippen LogP contribution is 1.91. The van der Waals surface area contributed by atoms with Crippen molar-refractivity contribution in [3.05, 3.63) is 0 Å². The van der Waals surface area contributed by atoms with Crippen LogP contribution in [-0.4, -0.2) is 24.8 Å². The maximum absolute atomic E-state index is 8.13. The standard InChI is InChI=1S/C3H7ClO.C2H7N/c1-2-3(4)5;1-3-2/h3,5H,2H2,1H3;3H,1-2H3. The molecule has 3 heteroatoms. The highest BCUT2D eigenvalue weighted by atomic mass is 35.5. The second-order valence-corrected chi connectivity index (χ2v) is 1.85. The molecule has 0 amide bonds. The molecule has 0 aliphatic heterocycles. The molecule has 0 saturated carbocycles. The minimum absolute atomic E-state index is 0.627. The van der Waals surface area contributed by atoms with Crippen LogP contribution in [0, 0.1) is 0 Å². The molecule has 0 bridgehead atoms. The van der Waals surface area contributed by atoms with E-state index in [1.54, 1.807) is 0 Å². The zero-order valence-electron chi connectivity index (χ0n) is 5.61. The fraction of sp³-hybridized carbons (Fsp3) is 1.00. The van der Waals surface area contributed by atoms with Gasteiger partial charge in [0.2, 0.25) is 0 Å². The van der Waals surface area contributed by atoms with Crippen molar-refractivity contribution in [2.75, 3.05) is 14.1 Å². The maximum Gasteiger partial charge on any atom is 0.127 e. The second kappa shape index (κ2) is 10.2. The molecule has 0 spiro atoms. The van der Waals surface area contributed by atoms with Crippen molar-refractivity contribution in [3.63, 3.8) is 0 Å². The zero-order chi connectivity index (χ0) is 6.99. The lowest BCUT2D eigenvalue weighted by molar-refractivity contribution is 0.252. The highest BCUT2D eigenvalue weighted by molar-refractivity contribution is 6.19. The summed E-state index contributed by atoms with van der Waals surface area (Å²) < 4.78 is 0. The molecule has 2 nitrogen and oxygen atoms in total. The molecule has 1 unspecified atom stereocenters. The quantitative estimate of drug-likeness (QED) is 0.527. The van der Waals surface area contributed by atoms with E-state index in [4.69, 9.17) is 16.7 Å². The van der Waals surface area contributed by atoms with E-state index < -0.39 is 5.56 Å². The Morgan fingerprint density at radius 1 is 1.62 bits per heavy atom. The van der Waals surface area contributed by atoms with Gasteiger partial charge in [0.05, 0.1) is 0 Å². The van der Waals surface area contributed by atoms with E-state index in [1.807, 2.05) is 21.0 Å². The Balaban J connectivity index is 0. The Morgan fingerprint density at radius 2 is 1.75 bits per heavy atom. The van der Waals surface area contributed by atoms with Crippen molar-refractivity contribution in [1.29, 1.82) is 0 Å². The van der Waals surface area contributed by atoms with Gasteiger partial charge in [-0.05, 0) is 20.5 Å². The van der Waals surface area contributed by atoms with Gasteiger partial charge in [-0.15, -0.1) is 0 Å². The third-order valence-corrected chi connectivity index (χ3v) is 0.645. The van der Waals surface area contributed by atoms with Gasteiger partial charge >= 0.3 is 0 Å². The molecular weight excluding hydrogens is 126 g/mol. The molecule has 0 aromatic heterocycles. The number of hydrogen-bond acceptors (Lipinski definition) is 2. The molecule has 0 aliphatic rings. The first-order chi connectivity index (χ1) is 3.68. The Labute approximate surface area is 55.9 Å². The van der Waals surface area contributed by atoms with Gasteiger partial charge in [-0.3, -0.25) is 0 Å². The van der Waals surface area contributed by atoms with Crippen LogP contribution in [0.15, 0.2) is 0 Å². The number of hydrogen-bond donors (Lipinski definition) is 2. The summed E-state index contributed by atoms with van der Waals surface area (Å²) in [6.45, 7) is 1.82. The third kappa shape index (κ3) is 34.5. The van der Waals surface area contributed by atoms with Crippen LogP contribution in [0.2, 0.25) is 0 Å². The van der Waals surface area contributed by atoms with Gasteiger partial charge in [0.25, 0.3) is 0 Å². The van der Waals surface area contributed by atoms with Crippen LogP contribution in [0.25, 0.3) is 0 Å². The van der Waals surface area contributed by atoms with Gasteiger partial charge < -0.3 is 10.4 Å². The molecule has 0 aromatic rings. The Hall–Kier alpha value is 0.210. The maximum atomic E-state index is 8.13. The lowest BCUT2D eigenvalue weighted by Gasteiger charge is -1.87. The van der Waals surface area contributed by atoms with Gasteiger partial charge in [-0.25, -0.2) is 0 Å². The molecule has 2 N–H and O–H groups in total. The average Bonchev–Trinajstić information content (AvgIpc) is 1.69. The van der Waals surface area contributed by atoms with Crippen molar-refractivity contribution in [1.82, 2.24) is 5.32 Å². The highest BCUT2D eigenvalue weighted by Gasteiger charge is 1.85. The van der Waals surface area contributed by atoms with Crippen LogP contribution < -0.4 is 5.32 Å². The van der Waals surface area contributed by atoms with E-state index in [0.29, 0.717) is 6.42 Å². The first kappa shape index (κ1) is 11.1. The van der Waals surface area contributed by atoms with Crippen molar-refractivity contribution in [3.8, 4) is 0 Å². The van der Waals surface area contributed by atoms with Crippen molar-refractivity contribution in [2.45, 2.75) is 18.9 Å². The molecule has 8 heavy (non-hydrogen) atoms. The summed E-state index contributed by atoms with van der Waals surface area (Å²) in [6.07, 6.45) is 0.627. The molecule has 1 atom stereocenters. The van der Waals surface area contributed by atoms with Crippen LogP contribution in [-0.2, 0) is 0 Å². The first-order valence-corrected chi connectivity index (χ1v) is 3.03. The van der Waals surface area contributed by atoms with Crippen molar-refractivity contribution < 1.29 is 5.11 Å². The Kier molecular flexibility index (Phi) is 14.2. The summed E-state index contributed by atoms with van der Waals surface area (Å²) in [7, 11) is 3.75. The molecule has 52 valence electrons. The SMILES string of the molecule is CCC(O)Cl.CNC. The normalized spacial score (nSPS) is 11.6. The average molecular weight is 140 g/mol. The summed E-state index contributed by atoms with van der Waals surface area (Å²) in [4.78, 5) is 0. The number of halogens is 1. The number of aliphatic hydroxyl groups is 1. The lowest BCUT2D eigenvalue weighted by Crippen LogP contribution is -1.89. The van der Waals surface area contributed by atoms with Crippen LogP contribution >= 0.6 is 11.6 Å². The van der Waals surface area contributed by atoms with Gasteiger partial charge in [-0.2, -0.15) is 0 Å². The van der Waals surface area contributed by atoms with Gasteiger partial charge in [0.15, 0.2) is 0 Å². The zero-order valence-corrected chi connectivity index (χ0v) is 6.37. The molecular formula is C5H14ClNO. The molecule has 0 saturated heterocycles. The summed E-state index contributed by atoms with van der Waals surface area (Å²) in [5.74, 6) is 0. The van der Waals surface area contributed by atoms with E-state index in [0.717, 1.165) is 0 Å². The predicted molar refractivity (Wildman–Crippen MR) is 37.1 cm³/mol. The smallest absolute Gasteiger partial charge is 0.127 e. The fourth-order valence-electron chi connectivity index (χ4n) is 0. The summed E-state index contributed by atoms with van der Waals surface area (Å²) in [5, 5.41) is 10.9. The van der Waals surface area contributed by atoms with E-state index in [2.05, 4.69) is 5.32 Å². The Bertz CT molecular complexity index is 33.6.